The molecule has 3 nitrogen and oxygen atoms in total. The highest BCUT2D eigenvalue weighted by Gasteiger charge is 2.21. The number of benzene rings is 1. The fourth-order valence-electron chi connectivity index (χ4n) is 2.75. The van der Waals surface area contributed by atoms with Crippen LogP contribution in [0.2, 0.25) is 0 Å². The maximum Gasteiger partial charge on any atom is 0.130 e. The Morgan fingerprint density at radius 3 is 2.89 bits per heavy atom. The fraction of sp³-hybridized carbons (Fsp3) is 0.357. The molecular formula is C14H15BrN2O. The van der Waals surface area contributed by atoms with Crippen molar-refractivity contribution in [1.29, 1.82) is 0 Å². The summed E-state index contributed by atoms with van der Waals surface area (Å²) < 4.78 is 6.50. The molecule has 3 rings (SSSR count). The highest BCUT2D eigenvalue weighted by atomic mass is 79.9. The van der Waals surface area contributed by atoms with Gasteiger partial charge >= 0.3 is 0 Å². The number of hydrogen-bond acceptors (Lipinski definition) is 3. The minimum atomic E-state index is 0.875. The van der Waals surface area contributed by atoms with E-state index < -0.39 is 0 Å². The SMILES string of the molecule is CNc1c2c(nc3c(Br)ccc(OC)c13)CCC2. The molecule has 1 heterocycles. The van der Waals surface area contributed by atoms with E-state index in [4.69, 9.17) is 9.72 Å². The summed E-state index contributed by atoms with van der Waals surface area (Å²) in [6, 6.07) is 3.98. The average Bonchev–Trinajstić information content (AvgIpc) is 2.85. The molecule has 1 aliphatic carbocycles. The van der Waals surface area contributed by atoms with Gasteiger partial charge in [0.1, 0.15) is 5.75 Å². The van der Waals surface area contributed by atoms with E-state index in [1.165, 1.54) is 23.4 Å². The number of aryl methyl sites for hydroxylation is 1. The number of anilines is 1. The summed E-state index contributed by atoms with van der Waals surface area (Å²) in [6.07, 6.45) is 3.36. The smallest absolute Gasteiger partial charge is 0.130 e. The lowest BCUT2D eigenvalue weighted by Gasteiger charge is -2.15. The van der Waals surface area contributed by atoms with Crippen molar-refractivity contribution in [2.45, 2.75) is 19.3 Å². The number of rotatable bonds is 2. The molecule has 4 heteroatoms. The van der Waals surface area contributed by atoms with Crippen LogP contribution in [-0.2, 0) is 12.8 Å². The second-order valence-corrected chi connectivity index (χ2v) is 5.34. The highest BCUT2D eigenvalue weighted by Crippen LogP contribution is 2.40. The van der Waals surface area contributed by atoms with Crippen LogP contribution in [0, 0.1) is 0 Å². The molecule has 1 aromatic carbocycles. The van der Waals surface area contributed by atoms with Crippen LogP contribution in [0.5, 0.6) is 5.75 Å². The zero-order valence-electron chi connectivity index (χ0n) is 10.5. The summed E-state index contributed by atoms with van der Waals surface area (Å²) in [4.78, 5) is 4.81. The molecular weight excluding hydrogens is 292 g/mol. The third-order valence-corrected chi connectivity index (χ3v) is 4.19. The van der Waals surface area contributed by atoms with E-state index in [-0.39, 0.29) is 0 Å². The summed E-state index contributed by atoms with van der Waals surface area (Å²) in [5.74, 6) is 0.875. The minimum Gasteiger partial charge on any atom is -0.496 e. The molecule has 18 heavy (non-hydrogen) atoms. The Hall–Kier alpha value is -1.29. The summed E-state index contributed by atoms with van der Waals surface area (Å²) in [6.45, 7) is 0. The van der Waals surface area contributed by atoms with Crippen molar-refractivity contribution in [2.75, 3.05) is 19.5 Å². The summed E-state index contributed by atoms with van der Waals surface area (Å²) >= 11 is 3.59. The van der Waals surface area contributed by atoms with Gasteiger partial charge in [-0.3, -0.25) is 4.98 Å². The van der Waals surface area contributed by atoms with Crippen LogP contribution in [0.1, 0.15) is 17.7 Å². The minimum absolute atomic E-state index is 0.875. The molecule has 1 aliphatic rings. The first-order valence-corrected chi connectivity index (χ1v) is 6.91. The normalized spacial score (nSPS) is 13.7. The van der Waals surface area contributed by atoms with Gasteiger partial charge in [0.25, 0.3) is 0 Å². The Labute approximate surface area is 115 Å². The molecule has 0 bridgehead atoms. The summed E-state index contributed by atoms with van der Waals surface area (Å²) in [5, 5.41) is 4.41. The van der Waals surface area contributed by atoms with Crippen molar-refractivity contribution in [2.24, 2.45) is 0 Å². The number of halogens is 1. The summed E-state index contributed by atoms with van der Waals surface area (Å²) in [7, 11) is 3.67. The van der Waals surface area contributed by atoms with E-state index in [9.17, 15) is 0 Å². The van der Waals surface area contributed by atoms with Crippen molar-refractivity contribution in [3.63, 3.8) is 0 Å². The highest BCUT2D eigenvalue weighted by molar-refractivity contribution is 9.10. The van der Waals surface area contributed by atoms with Gasteiger partial charge in [-0.1, -0.05) is 0 Å². The van der Waals surface area contributed by atoms with Crippen molar-refractivity contribution in [3.05, 3.63) is 27.9 Å². The predicted octanol–water partition coefficient (Wildman–Crippen LogP) is 3.54. The predicted molar refractivity (Wildman–Crippen MR) is 77.6 cm³/mol. The van der Waals surface area contributed by atoms with Gasteiger partial charge in [0.05, 0.1) is 23.7 Å². The van der Waals surface area contributed by atoms with Crippen LogP contribution in [0.25, 0.3) is 10.9 Å². The second kappa shape index (κ2) is 4.43. The Bertz CT molecular complexity index is 625. The van der Waals surface area contributed by atoms with Crippen LogP contribution in [0.4, 0.5) is 5.69 Å². The Morgan fingerprint density at radius 1 is 1.33 bits per heavy atom. The monoisotopic (exact) mass is 306 g/mol. The molecule has 0 saturated heterocycles. The van der Waals surface area contributed by atoms with E-state index >= 15 is 0 Å². The molecule has 0 fully saturated rings. The largest absolute Gasteiger partial charge is 0.496 e. The average molecular weight is 307 g/mol. The van der Waals surface area contributed by atoms with Gasteiger partial charge in [0.2, 0.25) is 0 Å². The van der Waals surface area contributed by atoms with Crippen LogP contribution >= 0.6 is 15.9 Å². The summed E-state index contributed by atoms with van der Waals surface area (Å²) in [5.41, 5.74) is 4.73. The number of pyridine rings is 1. The van der Waals surface area contributed by atoms with Crippen LogP contribution in [0.3, 0.4) is 0 Å². The van der Waals surface area contributed by atoms with Gasteiger partial charge in [-0.2, -0.15) is 0 Å². The van der Waals surface area contributed by atoms with E-state index in [2.05, 4.69) is 21.2 Å². The van der Waals surface area contributed by atoms with E-state index in [0.29, 0.717) is 0 Å². The van der Waals surface area contributed by atoms with E-state index in [0.717, 1.165) is 34.0 Å². The van der Waals surface area contributed by atoms with Crippen molar-refractivity contribution < 1.29 is 4.74 Å². The van der Waals surface area contributed by atoms with Crippen LogP contribution < -0.4 is 10.1 Å². The lowest BCUT2D eigenvalue weighted by Crippen LogP contribution is -2.01. The van der Waals surface area contributed by atoms with Gasteiger partial charge in [-0.15, -0.1) is 0 Å². The van der Waals surface area contributed by atoms with Crippen molar-refractivity contribution in [3.8, 4) is 5.75 Å². The molecule has 0 saturated carbocycles. The number of methoxy groups -OCH3 is 1. The number of hydrogen-bond donors (Lipinski definition) is 1. The third kappa shape index (κ3) is 1.59. The first-order chi connectivity index (χ1) is 8.76. The molecule has 0 aliphatic heterocycles. The fourth-order valence-corrected chi connectivity index (χ4v) is 3.17. The quantitative estimate of drug-likeness (QED) is 0.921. The molecule has 2 aromatic rings. The van der Waals surface area contributed by atoms with E-state index in [1.807, 2.05) is 19.2 Å². The van der Waals surface area contributed by atoms with Gasteiger partial charge in [-0.05, 0) is 52.9 Å². The first-order valence-electron chi connectivity index (χ1n) is 6.12. The lowest BCUT2D eigenvalue weighted by molar-refractivity contribution is 0.420. The third-order valence-electron chi connectivity index (χ3n) is 3.55. The number of nitrogens with zero attached hydrogens (tertiary/aromatic N) is 1. The molecule has 0 unspecified atom stereocenters. The molecule has 0 atom stereocenters. The molecule has 0 amide bonds. The van der Waals surface area contributed by atoms with Crippen LogP contribution in [-0.4, -0.2) is 19.1 Å². The molecule has 1 N–H and O–H groups in total. The zero-order chi connectivity index (χ0) is 12.7. The zero-order valence-corrected chi connectivity index (χ0v) is 12.1. The van der Waals surface area contributed by atoms with Gasteiger partial charge < -0.3 is 10.1 Å². The van der Waals surface area contributed by atoms with Gasteiger partial charge in [0.15, 0.2) is 0 Å². The van der Waals surface area contributed by atoms with Gasteiger partial charge in [0, 0.05) is 17.2 Å². The topological polar surface area (TPSA) is 34.2 Å². The number of aromatic nitrogens is 1. The van der Waals surface area contributed by atoms with E-state index in [1.54, 1.807) is 7.11 Å². The first kappa shape index (κ1) is 11.8. The number of ether oxygens (including phenoxy) is 1. The maximum absolute atomic E-state index is 5.48. The van der Waals surface area contributed by atoms with Crippen LogP contribution in [0.15, 0.2) is 16.6 Å². The Balaban J connectivity index is 2.46. The molecule has 94 valence electrons. The number of fused-ring (bicyclic) bond motifs is 2. The Kier molecular flexibility index (Phi) is 2.90. The van der Waals surface area contributed by atoms with Crippen molar-refractivity contribution in [1.82, 2.24) is 4.98 Å². The Morgan fingerprint density at radius 2 is 2.17 bits per heavy atom. The number of nitrogens with one attached hydrogen (secondary N) is 1. The molecule has 0 radical (unpaired) electrons. The maximum atomic E-state index is 5.48. The molecule has 1 aromatic heterocycles. The molecule has 0 spiro atoms. The second-order valence-electron chi connectivity index (χ2n) is 4.49. The standard InChI is InChI=1S/C14H15BrN2O/c1-16-13-8-4-3-5-10(8)17-14-9(15)6-7-11(18-2)12(13)14/h6-7H,3-5H2,1-2H3,(H,16,17). The van der Waals surface area contributed by atoms with Gasteiger partial charge in [-0.25, -0.2) is 0 Å². The lowest BCUT2D eigenvalue weighted by atomic mass is 10.1. The van der Waals surface area contributed by atoms with Crippen molar-refractivity contribution >= 4 is 32.5 Å².